The van der Waals surface area contributed by atoms with Crippen molar-refractivity contribution in [3.63, 3.8) is 0 Å². The maximum Gasteiger partial charge on any atom is 0.146 e. The van der Waals surface area contributed by atoms with Crippen molar-refractivity contribution in [1.82, 2.24) is 15.0 Å². The number of ether oxygens (including phenoxy) is 1. The Bertz CT molecular complexity index is 886. The van der Waals surface area contributed by atoms with Gasteiger partial charge < -0.3 is 4.74 Å². The molecule has 0 N–H and O–H groups in total. The van der Waals surface area contributed by atoms with E-state index in [4.69, 9.17) is 4.74 Å². The summed E-state index contributed by atoms with van der Waals surface area (Å²) in [5, 5.41) is 9.30. The number of rotatable bonds is 6. The number of hydrogen-bond acceptors (Lipinski definition) is 4. The van der Waals surface area contributed by atoms with Crippen LogP contribution in [0.5, 0.6) is 5.75 Å². The Morgan fingerprint density at radius 2 is 1.59 bits per heavy atom. The van der Waals surface area contributed by atoms with Crippen LogP contribution in [-0.4, -0.2) is 26.3 Å². The molecule has 0 unspecified atom stereocenters. The van der Waals surface area contributed by atoms with E-state index >= 15 is 0 Å². The Morgan fingerprint density at radius 1 is 0.963 bits per heavy atom. The Kier molecular flexibility index (Phi) is 5.52. The minimum absolute atomic E-state index is 0.0174. The topological polar surface area (TPSA) is 39.9 Å². The van der Waals surface area contributed by atoms with Crippen LogP contribution in [0.1, 0.15) is 53.0 Å². The molecule has 144 valence electrons. The molecule has 5 heteroatoms. The molecule has 0 fully saturated rings. The molecule has 0 bridgehead atoms. The maximum absolute atomic E-state index is 6.12. The van der Waals surface area contributed by atoms with Crippen molar-refractivity contribution >= 4 is 23.7 Å². The fraction of sp³-hybridized carbons (Fsp3) is 0.455. The zero-order valence-electron chi connectivity index (χ0n) is 16.9. The largest absolute Gasteiger partial charge is 0.491 e. The van der Waals surface area contributed by atoms with E-state index < -0.39 is 0 Å². The molecule has 3 rings (SSSR count). The van der Waals surface area contributed by atoms with Crippen molar-refractivity contribution in [2.45, 2.75) is 57.6 Å². The van der Waals surface area contributed by atoms with E-state index in [-0.39, 0.29) is 10.2 Å². The van der Waals surface area contributed by atoms with Gasteiger partial charge in [-0.25, -0.2) is 0 Å². The predicted molar refractivity (Wildman–Crippen MR) is 115 cm³/mol. The van der Waals surface area contributed by atoms with Crippen LogP contribution in [0, 0.1) is 0 Å². The van der Waals surface area contributed by atoms with Gasteiger partial charge in [-0.2, -0.15) is 12.6 Å². The average molecular weight is 384 g/mol. The van der Waals surface area contributed by atoms with Gasteiger partial charge in [-0.3, -0.25) is 0 Å². The third-order valence-corrected chi connectivity index (χ3v) is 4.74. The van der Waals surface area contributed by atoms with Crippen molar-refractivity contribution in [3.8, 4) is 11.4 Å². The van der Waals surface area contributed by atoms with Gasteiger partial charge in [0.05, 0.1) is 6.61 Å². The number of fused-ring (bicyclic) bond motifs is 1. The zero-order chi connectivity index (χ0) is 19.7. The molecule has 1 aromatic heterocycles. The van der Waals surface area contributed by atoms with Gasteiger partial charge in [0.2, 0.25) is 0 Å². The molecule has 2 aromatic carbocycles. The molecule has 27 heavy (non-hydrogen) atoms. The van der Waals surface area contributed by atoms with Crippen molar-refractivity contribution in [2.75, 3.05) is 6.61 Å². The Hall–Kier alpha value is -2.01. The normalized spacial score (nSPS) is 12.5. The predicted octanol–water partition coefficient (Wildman–Crippen LogP) is 5.59. The van der Waals surface area contributed by atoms with Gasteiger partial charge in [0.25, 0.3) is 0 Å². The van der Waals surface area contributed by atoms with E-state index in [0.717, 1.165) is 35.3 Å². The van der Waals surface area contributed by atoms with Gasteiger partial charge in [0.1, 0.15) is 22.5 Å². The molecular formula is C22H29N3OS. The fourth-order valence-electron chi connectivity index (χ4n) is 2.92. The SMILES string of the molecule is CC(C)(S)CCCOc1ccc(C(C)(C)C)cc1-n1nc2ccccc2n1. The van der Waals surface area contributed by atoms with E-state index in [9.17, 15) is 0 Å². The van der Waals surface area contributed by atoms with Crippen LogP contribution in [0.25, 0.3) is 16.7 Å². The van der Waals surface area contributed by atoms with Crippen LogP contribution in [0.2, 0.25) is 0 Å². The first-order chi connectivity index (χ1) is 12.6. The van der Waals surface area contributed by atoms with Gasteiger partial charge in [-0.1, -0.05) is 52.8 Å². The summed E-state index contributed by atoms with van der Waals surface area (Å²) in [5.41, 5.74) is 3.89. The summed E-state index contributed by atoms with van der Waals surface area (Å²) in [6, 6.07) is 14.2. The van der Waals surface area contributed by atoms with E-state index in [1.165, 1.54) is 5.56 Å². The number of benzene rings is 2. The second kappa shape index (κ2) is 7.55. The van der Waals surface area contributed by atoms with E-state index in [1.54, 1.807) is 4.80 Å². The summed E-state index contributed by atoms with van der Waals surface area (Å²) in [4.78, 5) is 1.69. The smallest absolute Gasteiger partial charge is 0.146 e. The molecular weight excluding hydrogens is 354 g/mol. The summed E-state index contributed by atoms with van der Waals surface area (Å²) in [6.07, 6.45) is 1.95. The van der Waals surface area contributed by atoms with Gasteiger partial charge in [-0.15, -0.1) is 15.0 Å². The summed E-state index contributed by atoms with van der Waals surface area (Å²) < 4.78 is 6.13. The molecule has 0 aliphatic heterocycles. The maximum atomic E-state index is 6.12. The molecule has 0 saturated carbocycles. The second-order valence-electron chi connectivity index (χ2n) is 8.68. The minimum Gasteiger partial charge on any atom is -0.491 e. The molecule has 0 aliphatic rings. The van der Waals surface area contributed by atoms with Gasteiger partial charge in [0.15, 0.2) is 0 Å². The standard InChI is InChI=1S/C22H29N3OS/c1-21(2,3)16-11-12-20(26-14-8-13-22(4,5)27)19(15-16)25-23-17-9-6-7-10-18(17)24-25/h6-7,9-12,15,27H,8,13-14H2,1-5H3. The highest BCUT2D eigenvalue weighted by atomic mass is 32.1. The molecule has 0 saturated heterocycles. The number of nitrogens with zero attached hydrogens (tertiary/aromatic N) is 3. The second-order valence-corrected chi connectivity index (χ2v) is 9.89. The van der Waals surface area contributed by atoms with Gasteiger partial charge >= 0.3 is 0 Å². The van der Waals surface area contributed by atoms with Crippen molar-refractivity contribution < 1.29 is 4.74 Å². The first kappa shape index (κ1) is 19.7. The Labute approximate surface area is 167 Å². The van der Waals surface area contributed by atoms with Crippen molar-refractivity contribution in [2.24, 2.45) is 0 Å². The highest BCUT2D eigenvalue weighted by Gasteiger charge is 2.19. The van der Waals surface area contributed by atoms with Crippen molar-refractivity contribution in [1.29, 1.82) is 0 Å². The molecule has 0 amide bonds. The number of hydrogen-bond donors (Lipinski definition) is 1. The molecule has 0 radical (unpaired) electrons. The molecule has 4 nitrogen and oxygen atoms in total. The lowest BCUT2D eigenvalue weighted by Crippen LogP contribution is -2.14. The first-order valence-corrected chi connectivity index (χ1v) is 9.90. The van der Waals surface area contributed by atoms with E-state index in [2.05, 4.69) is 69.6 Å². The number of thiol groups is 1. The Balaban J connectivity index is 1.92. The van der Waals surface area contributed by atoms with Crippen LogP contribution in [0.4, 0.5) is 0 Å². The highest BCUT2D eigenvalue weighted by molar-refractivity contribution is 7.81. The van der Waals surface area contributed by atoms with Gasteiger partial charge in [0, 0.05) is 4.75 Å². The fourth-order valence-corrected chi connectivity index (χ4v) is 3.07. The number of aromatic nitrogens is 3. The third-order valence-electron chi connectivity index (χ3n) is 4.52. The van der Waals surface area contributed by atoms with Gasteiger partial charge in [-0.05, 0) is 48.1 Å². The quantitative estimate of drug-likeness (QED) is 0.446. The summed E-state index contributed by atoms with van der Waals surface area (Å²) >= 11 is 4.59. The lowest BCUT2D eigenvalue weighted by molar-refractivity contribution is 0.299. The summed E-state index contributed by atoms with van der Waals surface area (Å²) in [7, 11) is 0. The summed E-state index contributed by atoms with van der Waals surface area (Å²) in [6.45, 7) is 11.5. The van der Waals surface area contributed by atoms with Crippen LogP contribution in [0.15, 0.2) is 42.5 Å². The van der Waals surface area contributed by atoms with Crippen molar-refractivity contribution in [3.05, 3.63) is 48.0 Å². The average Bonchev–Trinajstić information content (AvgIpc) is 3.01. The summed E-state index contributed by atoms with van der Waals surface area (Å²) in [5.74, 6) is 0.806. The highest BCUT2D eigenvalue weighted by Crippen LogP contribution is 2.31. The first-order valence-electron chi connectivity index (χ1n) is 9.46. The third kappa shape index (κ3) is 5.04. The van der Waals surface area contributed by atoms with Crippen LogP contribution >= 0.6 is 12.6 Å². The monoisotopic (exact) mass is 383 g/mol. The van der Waals surface area contributed by atoms with Crippen LogP contribution in [-0.2, 0) is 5.41 Å². The molecule has 1 heterocycles. The van der Waals surface area contributed by atoms with Crippen LogP contribution in [0.3, 0.4) is 0 Å². The minimum atomic E-state index is 0.0174. The zero-order valence-corrected chi connectivity index (χ0v) is 17.8. The molecule has 0 aliphatic carbocycles. The lowest BCUT2D eigenvalue weighted by atomic mass is 9.87. The van der Waals surface area contributed by atoms with E-state index in [1.807, 2.05) is 30.3 Å². The Morgan fingerprint density at radius 3 is 2.15 bits per heavy atom. The molecule has 0 atom stereocenters. The molecule has 0 spiro atoms. The lowest BCUT2D eigenvalue weighted by Gasteiger charge is -2.21. The van der Waals surface area contributed by atoms with E-state index in [0.29, 0.717) is 6.61 Å². The van der Waals surface area contributed by atoms with Crippen LogP contribution < -0.4 is 4.74 Å². The molecule has 3 aromatic rings.